The first-order valence-corrected chi connectivity index (χ1v) is 10.4. The largest absolute Gasteiger partial charge is 0.481 e. The predicted molar refractivity (Wildman–Crippen MR) is 118 cm³/mol. The van der Waals surface area contributed by atoms with Crippen molar-refractivity contribution in [1.82, 2.24) is 9.97 Å². The zero-order valence-electron chi connectivity index (χ0n) is 15.8. The molecule has 0 aliphatic rings. The van der Waals surface area contributed by atoms with Crippen LogP contribution in [0.5, 0.6) is 11.8 Å². The fourth-order valence-electron chi connectivity index (χ4n) is 2.28. The number of aromatic nitrogens is 2. The van der Waals surface area contributed by atoms with Gasteiger partial charge in [-0.3, -0.25) is 0 Å². The topological polar surface area (TPSA) is 82.9 Å². The van der Waals surface area contributed by atoms with E-state index in [9.17, 15) is 4.79 Å². The van der Waals surface area contributed by atoms with Crippen LogP contribution in [0, 0.1) is 0 Å². The number of carbonyl (C=O) groups excluding carboxylic acids is 1. The van der Waals surface area contributed by atoms with Crippen molar-refractivity contribution in [3.63, 3.8) is 0 Å². The van der Waals surface area contributed by atoms with Gasteiger partial charge >= 0.3 is 5.97 Å². The summed E-state index contributed by atoms with van der Waals surface area (Å²) in [6.07, 6.45) is 1.43. The molecule has 0 aliphatic heterocycles. The van der Waals surface area contributed by atoms with Gasteiger partial charge < -0.3 is 14.3 Å². The van der Waals surface area contributed by atoms with Crippen LogP contribution in [0.1, 0.15) is 15.9 Å². The van der Waals surface area contributed by atoms with Crippen molar-refractivity contribution < 1.29 is 19.1 Å². The van der Waals surface area contributed by atoms with Gasteiger partial charge in [0.15, 0.2) is 5.16 Å². The summed E-state index contributed by atoms with van der Waals surface area (Å²) in [5, 5.41) is 4.32. The molecule has 0 radical (unpaired) electrons. The highest BCUT2D eigenvalue weighted by Crippen LogP contribution is 2.34. The zero-order valence-corrected chi connectivity index (χ0v) is 19.0. The smallest absolute Gasteiger partial charge is 0.368 e. The SMILES string of the molecule is COc1cc(OC)nc(Sc2cccc(Cl)c2C(=O)O/N=C/c2ccccc2Br)n1. The Morgan fingerprint density at radius 1 is 1.10 bits per heavy atom. The molecule has 0 atom stereocenters. The van der Waals surface area contributed by atoms with E-state index in [1.165, 1.54) is 20.4 Å². The summed E-state index contributed by atoms with van der Waals surface area (Å²) in [6.45, 7) is 0. The van der Waals surface area contributed by atoms with E-state index in [0.29, 0.717) is 21.8 Å². The van der Waals surface area contributed by atoms with E-state index < -0.39 is 5.97 Å². The molecule has 0 saturated carbocycles. The van der Waals surface area contributed by atoms with E-state index in [0.717, 1.165) is 21.8 Å². The summed E-state index contributed by atoms with van der Waals surface area (Å²) in [4.78, 5) is 26.7. The second-order valence-corrected chi connectivity index (χ2v) is 7.86. The van der Waals surface area contributed by atoms with Gasteiger partial charge in [-0.15, -0.1) is 0 Å². The van der Waals surface area contributed by atoms with Crippen molar-refractivity contribution in [1.29, 1.82) is 0 Å². The number of nitrogens with zero attached hydrogens (tertiary/aromatic N) is 3. The average molecular weight is 509 g/mol. The number of hydrogen-bond donors (Lipinski definition) is 0. The fourth-order valence-corrected chi connectivity index (χ4v) is 3.89. The molecule has 0 spiro atoms. The molecule has 1 heterocycles. The first kappa shape index (κ1) is 22.1. The second-order valence-electron chi connectivity index (χ2n) is 5.59. The van der Waals surface area contributed by atoms with E-state index in [1.54, 1.807) is 24.3 Å². The highest BCUT2D eigenvalue weighted by molar-refractivity contribution is 9.10. The van der Waals surface area contributed by atoms with Crippen LogP contribution in [0.4, 0.5) is 0 Å². The van der Waals surface area contributed by atoms with Gasteiger partial charge in [-0.05, 0) is 30.0 Å². The molecule has 0 fully saturated rings. The molecule has 30 heavy (non-hydrogen) atoms. The molecule has 3 aromatic rings. The van der Waals surface area contributed by atoms with Crippen molar-refractivity contribution in [3.05, 3.63) is 69.2 Å². The number of methoxy groups -OCH3 is 2. The van der Waals surface area contributed by atoms with Gasteiger partial charge in [0, 0.05) is 14.9 Å². The third-order valence-corrected chi connectivity index (χ3v) is 5.65. The molecular weight excluding hydrogens is 494 g/mol. The summed E-state index contributed by atoms with van der Waals surface area (Å²) in [5.41, 5.74) is 0.912. The molecular formula is C20H15BrClN3O4S. The summed E-state index contributed by atoms with van der Waals surface area (Å²) in [7, 11) is 2.98. The molecule has 3 rings (SSSR count). The summed E-state index contributed by atoms with van der Waals surface area (Å²) < 4.78 is 11.1. The molecule has 0 unspecified atom stereocenters. The van der Waals surface area contributed by atoms with Gasteiger partial charge in [-0.1, -0.05) is 57.0 Å². The third kappa shape index (κ3) is 5.50. The molecule has 154 valence electrons. The third-order valence-electron chi connectivity index (χ3n) is 3.69. The van der Waals surface area contributed by atoms with Crippen molar-refractivity contribution in [2.45, 2.75) is 10.1 Å². The number of hydrogen-bond acceptors (Lipinski definition) is 8. The van der Waals surface area contributed by atoms with Crippen LogP contribution < -0.4 is 9.47 Å². The summed E-state index contributed by atoms with van der Waals surface area (Å²) in [6, 6.07) is 14.0. The van der Waals surface area contributed by atoms with E-state index in [-0.39, 0.29) is 10.6 Å². The molecule has 0 aliphatic carbocycles. The summed E-state index contributed by atoms with van der Waals surface area (Å²) in [5.74, 6) is -0.0525. The van der Waals surface area contributed by atoms with Crippen LogP contribution in [-0.4, -0.2) is 36.4 Å². The predicted octanol–water partition coefficient (Wildman–Crippen LogP) is 5.25. The van der Waals surface area contributed by atoms with Crippen LogP contribution in [0.25, 0.3) is 0 Å². The zero-order chi connectivity index (χ0) is 21.5. The molecule has 0 amide bonds. The van der Waals surface area contributed by atoms with Crippen LogP contribution in [-0.2, 0) is 4.84 Å². The van der Waals surface area contributed by atoms with E-state index >= 15 is 0 Å². The van der Waals surface area contributed by atoms with Crippen LogP contribution in [0.2, 0.25) is 5.02 Å². The number of rotatable bonds is 7. The van der Waals surface area contributed by atoms with Gasteiger partial charge in [0.05, 0.1) is 37.1 Å². The van der Waals surface area contributed by atoms with Crippen LogP contribution >= 0.6 is 39.3 Å². The normalized spacial score (nSPS) is 10.8. The lowest BCUT2D eigenvalue weighted by molar-refractivity contribution is 0.0515. The van der Waals surface area contributed by atoms with Crippen LogP contribution in [0.15, 0.2) is 68.2 Å². The molecule has 0 N–H and O–H groups in total. The second kappa shape index (κ2) is 10.4. The first-order valence-electron chi connectivity index (χ1n) is 8.44. The number of ether oxygens (including phenoxy) is 2. The lowest BCUT2D eigenvalue weighted by atomic mass is 10.2. The maximum atomic E-state index is 12.7. The molecule has 0 saturated heterocycles. The Kier molecular flexibility index (Phi) is 7.67. The summed E-state index contributed by atoms with van der Waals surface area (Å²) >= 11 is 10.8. The number of oxime groups is 1. The van der Waals surface area contributed by atoms with Crippen molar-refractivity contribution in [2.24, 2.45) is 5.16 Å². The van der Waals surface area contributed by atoms with E-state index in [1.807, 2.05) is 24.3 Å². The minimum absolute atomic E-state index is 0.152. The first-order chi connectivity index (χ1) is 14.5. The molecule has 2 aromatic carbocycles. The molecule has 10 heteroatoms. The number of benzene rings is 2. The highest BCUT2D eigenvalue weighted by Gasteiger charge is 2.20. The van der Waals surface area contributed by atoms with Crippen molar-refractivity contribution >= 4 is 51.5 Å². The van der Waals surface area contributed by atoms with Gasteiger partial charge in [0.25, 0.3) is 0 Å². The van der Waals surface area contributed by atoms with Crippen molar-refractivity contribution in [3.8, 4) is 11.8 Å². The van der Waals surface area contributed by atoms with Gasteiger partial charge in [-0.25, -0.2) is 4.79 Å². The van der Waals surface area contributed by atoms with Gasteiger partial charge in [0.2, 0.25) is 11.8 Å². The van der Waals surface area contributed by atoms with Crippen molar-refractivity contribution in [2.75, 3.05) is 14.2 Å². The van der Waals surface area contributed by atoms with E-state index in [2.05, 4.69) is 31.1 Å². The quantitative estimate of drug-likeness (QED) is 0.186. The number of halogens is 2. The number of carbonyl (C=O) groups is 1. The Bertz CT molecular complexity index is 1080. The maximum Gasteiger partial charge on any atom is 0.368 e. The standard InChI is InChI=1S/C20H15BrClN3O4S/c1-27-16-10-17(28-2)25-20(24-16)30-15-9-5-8-14(22)18(15)19(26)29-23-11-12-6-3-4-7-13(12)21/h3-11H,1-2H3/b23-11+. The highest BCUT2D eigenvalue weighted by atomic mass is 79.9. The Labute approximate surface area is 190 Å². The van der Waals surface area contributed by atoms with E-state index in [4.69, 9.17) is 25.9 Å². The minimum Gasteiger partial charge on any atom is -0.481 e. The molecule has 0 bridgehead atoms. The lowest BCUT2D eigenvalue weighted by Gasteiger charge is -2.09. The monoisotopic (exact) mass is 507 g/mol. The Morgan fingerprint density at radius 3 is 2.47 bits per heavy atom. The Balaban J connectivity index is 1.84. The van der Waals surface area contributed by atoms with Gasteiger partial charge in [-0.2, -0.15) is 9.97 Å². The lowest BCUT2D eigenvalue weighted by Crippen LogP contribution is -2.05. The Morgan fingerprint density at radius 2 is 1.80 bits per heavy atom. The van der Waals surface area contributed by atoms with Gasteiger partial charge in [0.1, 0.15) is 0 Å². The van der Waals surface area contributed by atoms with Crippen LogP contribution in [0.3, 0.4) is 0 Å². The maximum absolute atomic E-state index is 12.7. The molecule has 7 nitrogen and oxygen atoms in total. The fraction of sp³-hybridized carbons (Fsp3) is 0.100. The minimum atomic E-state index is -0.707. The molecule has 1 aromatic heterocycles. The average Bonchev–Trinajstić information content (AvgIpc) is 2.74. The Hall–Kier alpha value is -2.62.